The number of amides is 2. The first-order chi connectivity index (χ1) is 13.9. The van der Waals surface area contributed by atoms with Crippen molar-refractivity contribution in [3.8, 4) is 0 Å². The Bertz CT molecular complexity index is 1090. The second kappa shape index (κ2) is 7.50. The molecule has 0 saturated carbocycles. The normalized spacial score (nSPS) is 16.8. The van der Waals surface area contributed by atoms with Crippen LogP contribution in [0.1, 0.15) is 27.8 Å². The fourth-order valence-corrected chi connectivity index (χ4v) is 3.68. The Morgan fingerprint density at radius 3 is 2.52 bits per heavy atom. The number of fused-ring (bicyclic) bond motifs is 1. The van der Waals surface area contributed by atoms with Crippen molar-refractivity contribution in [2.45, 2.75) is 13.0 Å². The highest BCUT2D eigenvalue weighted by molar-refractivity contribution is 6.42. The highest BCUT2D eigenvalue weighted by atomic mass is 19.1. The molecule has 0 bridgehead atoms. The number of H-pyrrole nitrogens is 1. The Kier molecular flexibility index (Phi) is 4.88. The van der Waals surface area contributed by atoms with Crippen molar-refractivity contribution in [2.24, 2.45) is 0 Å². The maximum Gasteiger partial charge on any atom is 0.296 e. The second-order valence-corrected chi connectivity index (χ2v) is 7.21. The van der Waals surface area contributed by atoms with Gasteiger partial charge in [0.25, 0.3) is 17.6 Å². The van der Waals surface area contributed by atoms with Crippen LogP contribution in [0.4, 0.5) is 4.39 Å². The van der Waals surface area contributed by atoms with E-state index in [1.54, 1.807) is 29.2 Å². The Morgan fingerprint density at radius 1 is 1.03 bits per heavy atom. The molecule has 6 nitrogen and oxygen atoms in total. The number of Topliss-reactive ketones (excluding diaryl/α,β-unsaturated/α-hetero) is 1. The number of benzene rings is 2. The van der Waals surface area contributed by atoms with Gasteiger partial charge in [0.2, 0.25) is 0 Å². The predicted molar refractivity (Wildman–Crippen MR) is 106 cm³/mol. The minimum absolute atomic E-state index is 0.0893. The van der Waals surface area contributed by atoms with Gasteiger partial charge in [-0.1, -0.05) is 18.2 Å². The maximum atomic E-state index is 13.4. The third-order valence-electron chi connectivity index (χ3n) is 5.22. The van der Waals surface area contributed by atoms with E-state index in [9.17, 15) is 18.8 Å². The number of hydrogen-bond donors (Lipinski definition) is 1. The number of carbonyl (C=O) groups is 3. The third kappa shape index (κ3) is 3.63. The molecule has 1 atom stereocenters. The molecule has 0 spiro atoms. The summed E-state index contributed by atoms with van der Waals surface area (Å²) in [7, 11) is 0. The van der Waals surface area contributed by atoms with Crippen LogP contribution in [0.5, 0.6) is 0 Å². The summed E-state index contributed by atoms with van der Waals surface area (Å²) in [6, 6.07) is 14.3. The number of hydrogen-bond acceptors (Lipinski definition) is 3. The first-order valence-electron chi connectivity index (χ1n) is 9.42. The molecule has 2 heterocycles. The number of rotatable bonds is 3. The molecule has 2 aromatic carbocycles. The van der Waals surface area contributed by atoms with Crippen molar-refractivity contribution in [2.75, 3.05) is 19.6 Å². The van der Waals surface area contributed by atoms with Gasteiger partial charge < -0.3 is 14.8 Å². The van der Waals surface area contributed by atoms with Crippen LogP contribution in [0.2, 0.25) is 0 Å². The predicted octanol–water partition coefficient (Wildman–Crippen LogP) is 2.86. The summed E-state index contributed by atoms with van der Waals surface area (Å²) in [4.78, 5) is 44.1. The molecule has 7 heteroatoms. The van der Waals surface area contributed by atoms with Crippen molar-refractivity contribution in [1.29, 1.82) is 0 Å². The highest BCUT2D eigenvalue weighted by Crippen LogP contribution is 2.19. The van der Waals surface area contributed by atoms with Crippen molar-refractivity contribution in [3.63, 3.8) is 0 Å². The number of aromatic nitrogens is 1. The minimum atomic E-state index is -0.670. The van der Waals surface area contributed by atoms with Gasteiger partial charge in [-0.05, 0) is 43.3 Å². The van der Waals surface area contributed by atoms with Crippen LogP contribution in [0.25, 0.3) is 10.9 Å². The molecule has 1 unspecified atom stereocenters. The van der Waals surface area contributed by atoms with E-state index in [4.69, 9.17) is 0 Å². The molecule has 4 rings (SSSR count). The number of nitrogens with one attached hydrogen (secondary N) is 1. The maximum absolute atomic E-state index is 13.4. The number of carbonyl (C=O) groups excluding carboxylic acids is 3. The number of ketones is 1. The van der Waals surface area contributed by atoms with Crippen molar-refractivity contribution >= 4 is 28.5 Å². The summed E-state index contributed by atoms with van der Waals surface area (Å²) in [5, 5.41) is 0.535. The summed E-state index contributed by atoms with van der Waals surface area (Å²) < 4.78 is 13.4. The van der Waals surface area contributed by atoms with Gasteiger partial charge >= 0.3 is 0 Å². The standard InChI is InChI=1S/C22H20FN3O3/c1-14-13-25(21(28)15-5-3-2-4-6-15)9-10-26(14)22(29)20(27)19-12-16-11-17(23)7-8-18(16)24-19/h2-8,11-12,14,24H,9-10,13H2,1H3. The molecule has 29 heavy (non-hydrogen) atoms. The Hall–Kier alpha value is -3.48. The molecule has 1 aromatic heterocycles. The van der Waals surface area contributed by atoms with E-state index < -0.39 is 17.5 Å². The largest absolute Gasteiger partial charge is 0.352 e. The average Bonchev–Trinajstić information content (AvgIpc) is 3.16. The van der Waals surface area contributed by atoms with Gasteiger partial charge in [0.15, 0.2) is 0 Å². The summed E-state index contributed by atoms with van der Waals surface area (Å²) in [5.41, 5.74) is 1.32. The van der Waals surface area contributed by atoms with E-state index in [0.717, 1.165) is 0 Å². The molecule has 0 aliphatic carbocycles. The van der Waals surface area contributed by atoms with Crippen molar-refractivity contribution in [1.82, 2.24) is 14.8 Å². The van der Waals surface area contributed by atoms with Gasteiger partial charge in [-0.2, -0.15) is 0 Å². The summed E-state index contributed by atoms with van der Waals surface area (Å²) in [5.74, 6) is -1.80. The lowest BCUT2D eigenvalue weighted by molar-refractivity contribution is -0.130. The lowest BCUT2D eigenvalue weighted by Gasteiger charge is -2.39. The molecule has 1 aliphatic heterocycles. The number of halogens is 1. The molecule has 1 saturated heterocycles. The Morgan fingerprint density at radius 2 is 1.79 bits per heavy atom. The second-order valence-electron chi connectivity index (χ2n) is 7.21. The fraction of sp³-hybridized carbons (Fsp3) is 0.227. The molecular formula is C22H20FN3O3. The van der Waals surface area contributed by atoms with E-state index in [2.05, 4.69) is 4.98 Å². The van der Waals surface area contributed by atoms with Crippen LogP contribution in [-0.4, -0.2) is 58.1 Å². The monoisotopic (exact) mass is 393 g/mol. The lowest BCUT2D eigenvalue weighted by Crippen LogP contribution is -2.56. The van der Waals surface area contributed by atoms with E-state index in [1.807, 2.05) is 13.0 Å². The SMILES string of the molecule is CC1CN(C(=O)c2ccccc2)CCN1C(=O)C(=O)c1cc2cc(F)ccc2[nH]1. The van der Waals surface area contributed by atoms with Crippen LogP contribution in [-0.2, 0) is 4.79 Å². The zero-order valence-corrected chi connectivity index (χ0v) is 15.9. The fourth-order valence-electron chi connectivity index (χ4n) is 3.68. The molecule has 2 amide bonds. The van der Waals surface area contributed by atoms with Crippen molar-refractivity contribution < 1.29 is 18.8 Å². The minimum Gasteiger partial charge on any atom is -0.352 e. The van der Waals surface area contributed by atoms with Crippen LogP contribution in [0, 0.1) is 5.82 Å². The van der Waals surface area contributed by atoms with Crippen LogP contribution >= 0.6 is 0 Å². The number of nitrogens with zero attached hydrogens (tertiary/aromatic N) is 2. The van der Waals surface area contributed by atoms with Crippen LogP contribution < -0.4 is 0 Å². The smallest absolute Gasteiger partial charge is 0.296 e. The van der Waals surface area contributed by atoms with E-state index in [0.29, 0.717) is 29.6 Å². The van der Waals surface area contributed by atoms with Gasteiger partial charge in [0, 0.05) is 42.1 Å². The average molecular weight is 393 g/mol. The van der Waals surface area contributed by atoms with Crippen molar-refractivity contribution in [3.05, 3.63) is 71.7 Å². The highest BCUT2D eigenvalue weighted by Gasteiger charge is 2.33. The van der Waals surface area contributed by atoms with Crippen LogP contribution in [0.3, 0.4) is 0 Å². The van der Waals surface area contributed by atoms with Gasteiger partial charge in [-0.15, -0.1) is 0 Å². The van der Waals surface area contributed by atoms with Gasteiger partial charge in [0.1, 0.15) is 5.82 Å². The van der Waals surface area contributed by atoms with Crippen LogP contribution in [0.15, 0.2) is 54.6 Å². The molecule has 3 aromatic rings. The summed E-state index contributed by atoms with van der Waals surface area (Å²) in [6.07, 6.45) is 0. The molecule has 1 fully saturated rings. The number of aromatic amines is 1. The van der Waals surface area contributed by atoms with E-state index in [-0.39, 0.29) is 24.2 Å². The molecule has 148 valence electrons. The third-order valence-corrected chi connectivity index (χ3v) is 5.22. The van der Waals surface area contributed by atoms with Gasteiger partial charge in [-0.3, -0.25) is 14.4 Å². The molecule has 1 N–H and O–H groups in total. The zero-order valence-electron chi connectivity index (χ0n) is 15.9. The molecule has 1 aliphatic rings. The molecular weight excluding hydrogens is 373 g/mol. The number of piperazine rings is 1. The quantitative estimate of drug-likeness (QED) is 0.549. The topological polar surface area (TPSA) is 73.5 Å². The Balaban J connectivity index is 1.46. The van der Waals surface area contributed by atoms with E-state index in [1.165, 1.54) is 29.2 Å². The van der Waals surface area contributed by atoms with E-state index >= 15 is 0 Å². The van der Waals surface area contributed by atoms with Gasteiger partial charge in [-0.25, -0.2) is 4.39 Å². The first-order valence-corrected chi connectivity index (χ1v) is 9.42. The van der Waals surface area contributed by atoms with Gasteiger partial charge in [0.05, 0.1) is 5.69 Å². The lowest BCUT2D eigenvalue weighted by atomic mass is 10.1. The molecule has 0 radical (unpaired) electrons. The summed E-state index contributed by atoms with van der Waals surface area (Å²) in [6.45, 7) is 2.80. The summed E-state index contributed by atoms with van der Waals surface area (Å²) >= 11 is 0. The zero-order chi connectivity index (χ0) is 20.5. The first kappa shape index (κ1) is 18.9. The Labute approximate surface area is 166 Å².